The topological polar surface area (TPSA) is 114 Å². The van der Waals surface area contributed by atoms with Crippen LogP contribution in [-0.2, 0) is 4.79 Å². The highest BCUT2D eigenvalue weighted by Gasteiger charge is 2.52. The van der Waals surface area contributed by atoms with Crippen LogP contribution in [0.3, 0.4) is 0 Å². The number of nitriles is 1. The number of rotatable bonds is 5. The number of aliphatic hydroxyl groups is 3. The summed E-state index contributed by atoms with van der Waals surface area (Å²) in [5.74, 6) is -0.540. The van der Waals surface area contributed by atoms with E-state index in [9.17, 15) is 4.79 Å². The van der Waals surface area contributed by atoms with Crippen molar-refractivity contribution >= 4 is 5.91 Å². The van der Waals surface area contributed by atoms with E-state index < -0.39 is 36.7 Å². The Hall–Kier alpha value is -1.16. The number of aliphatic hydroxyl groups excluding tert-OH is 3. The van der Waals surface area contributed by atoms with Crippen LogP contribution in [0.5, 0.6) is 0 Å². The molecule has 1 amide bonds. The lowest BCUT2D eigenvalue weighted by atomic mass is 10.0. The summed E-state index contributed by atoms with van der Waals surface area (Å²) < 4.78 is 0. The SMILES string of the molecule is N#CC1(C(=O)NC(CO)(CO)CO)CC1. The van der Waals surface area contributed by atoms with Gasteiger partial charge in [0.2, 0.25) is 5.91 Å². The summed E-state index contributed by atoms with van der Waals surface area (Å²) in [5.41, 5.74) is -2.46. The average Bonchev–Trinajstić information content (AvgIpc) is 3.07. The van der Waals surface area contributed by atoms with Gasteiger partial charge in [0.05, 0.1) is 25.9 Å². The molecule has 1 rings (SSSR count). The summed E-state index contributed by atoms with van der Waals surface area (Å²) in [4.78, 5) is 11.6. The van der Waals surface area contributed by atoms with Crippen LogP contribution >= 0.6 is 0 Å². The van der Waals surface area contributed by atoms with Gasteiger partial charge in [0.15, 0.2) is 0 Å². The van der Waals surface area contributed by atoms with Gasteiger partial charge in [-0.3, -0.25) is 4.79 Å². The quantitative estimate of drug-likeness (QED) is 0.428. The second kappa shape index (κ2) is 4.14. The summed E-state index contributed by atoms with van der Waals surface area (Å²) >= 11 is 0. The minimum Gasteiger partial charge on any atom is -0.394 e. The number of carbonyl (C=O) groups is 1. The van der Waals surface area contributed by atoms with Crippen molar-refractivity contribution in [2.45, 2.75) is 18.4 Å². The minimum absolute atomic E-state index is 0.480. The Labute approximate surface area is 87.1 Å². The third-order valence-electron chi connectivity index (χ3n) is 2.69. The molecule has 0 aliphatic heterocycles. The predicted octanol–water partition coefficient (Wildman–Crippen LogP) is -1.88. The van der Waals surface area contributed by atoms with Crippen LogP contribution in [0.4, 0.5) is 0 Å². The standard InChI is InChI=1S/C9H14N2O4/c10-3-8(1-2-8)7(15)11-9(4-12,5-13)6-14/h12-14H,1-2,4-6H2,(H,11,15). The fourth-order valence-electron chi connectivity index (χ4n) is 1.14. The van der Waals surface area contributed by atoms with Gasteiger partial charge in [0.25, 0.3) is 0 Å². The molecule has 1 aliphatic rings. The summed E-state index contributed by atoms with van der Waals surface area (Å²) in [6.45, 7) is -1.73. The zero-order chi connectivity index (χ0) is 11.5. The van der Waals surface area contributed by atoms with Crippen LogP contribution in [0.2, 0.25) is 0 Å². The molecular weight excluding hydrogens is 200 g/mol. The molecule has 0 aromatic heterocycles. The monoisotopic (exact) mass is 214 g/mol. The zero-order valence-corrected chi connectivity index (χ0v) is 8.23. The van der Waals surface area contributed by atoms with E-state index in [1.165, 1.54) is 0 Å². The van der Waals surface area contributed by atoms with Crippen molar-refractivity contribution in [3.63, 3.8) is 0 Å². The van der Waals surface area contributed by atoms with Crippen molar-refractivity contribution in [2.24, 2.45) is 5.41 Å². The van der Waals surface area contributed by atoms with E-state index in [0.717, 1.165) is 0 Å². The van der Waals surface area contributed by atoms with E-state index in [1.54, 1.807) is 0 Å². The maximum atomic E-state index is 11.6. The molecule has 6 nitrogen and oxygen atoms in total. The lowest BCUT2D eigenvalue weighted by Crippen LogP contribution is -2.58. The molecule has 84 valence electrons. The molecule has 0 unspecified atom stereocenters. The van der Waals surface area contributed by atoms with Gasteiger partial charge < -0.3 is 20.6 Å². The molecule has 1 saturated carbocycles. The number of carbonyl (C=O) groups excluding carboxylic acids is 1. The first-order valence-electron chi connectivity index (χ1n) is 4.64. The lowest BCUT2D eigenvalue weighted by molar-refractivity contribution is -0.128. The highest BCUT2D eigenvalue weighted by atomic mass is 16.3. The van der Waals surface area contributed by atoms with Crippen LogP contribution in [0.25, 0.3) is 0 Å². The normalized spacial score (nSPS) is 18.0. The Morgan fingerprint density at radius 1 is 1.33 bits per heavy atom. The van der Waals surface area contributed by atoms with Crippen LogP contribution in [-0.4, -0.2) is 46.6 Å². The summed E-state index contributed by atoms with van der Waals surface area (Å²) in [5, 5.41) is 38.0. The zero-order valence-electron chi connectivity index (χ0n) is 8.23. The third-order valence-corrected chi connectivity index (χ3v) is 2.69. The number of amides is 1. The maximum Gasteiger partial charge on any atom is 0.241 e. The molecular formula is C9H14N2O4. The van der Waals surface area contributed by atoms with Gasteiger partial charge in [0.1, 0.15) is 11.0 Å². The van der Waals surface area contributed by atoms with Gasteiger partial charge in [-0.25, -0.2) is 0 Å². The van der Waals surface area contributed by atoms with Crippen molar-refractivity contribution < 1.29 is 20.1 Å². The molecule has 0 atom stereocenters. The highest BCUT2D eigenvalue weighted by Crippen LogP contribution is 2.45. The van der Waals surface area contributed by atoms with Crippen molar-refractivity contribution in [3.8, 4) is 6.07 Å². The molecule has 6 heteroatoms. The van der Waals surface area contributed by atoms with Crippen molar-refractivity contribution in [2.75, 3.05) is 19.8 Å². The summed E-state index contributed by atoms with van der Waals surface area (Å²) in [6.07, 6.45) is 0.960. The van der Waals surface area contributed by atoms with E-state index in [1.807, 2.05) is 6.07 Å². The lowest BCUT2D eigenvalue weighted by Gasteiger charge is -2.29. The third kappa shape index (κ3) is 2.09. The van der Waals surface area contributed by atoms with Gasteiger partial charge in [-0.1, -0.05) is 0 Å². The second-order valence-electron chi connectivity index (χ2n) is 3.90. The maximum absolute atomic E-state index is 11.6. The molecule has 4 N–H and O–H groups in total. The van der Waals surface area contributed by atoms with Gasteiger partial charge in [0, 0.05) is 0 Å². The molecule has 0 aromatic carbocycles. The molecule has 0 spiro atoms. The van der Waals surface area contributed by atoms with Crippen LogP contribution < -0.4 is 5.32 Å². The smallest absolute Gasteiger partial charge is 0.241 e. The van der Waals surface area contributed by atoms with Crippen LogP contribution in [0.15, 0.2) is 0 Å². The molecule has 0 saturated heterocycles. The van der Waals surface area contributed by atoms with E-state index >= 15 is 0 Å². The Bertz CT molecular complexity index is 281. The number of hydrogen-bond donors (Lipinski definition) is 4. The van der Waals surface area contributed by atoms with Gasteiger partial charge in [-0.2, -0.15) is 5.26 Å². The largest absolute Gasteiger partial charge is 0.394 e. The van der Waals surface area contributed by atoms with E-state index in [4.69, 9.17) is 20.6 Å². The second-order valence-corrected chi connectivity index (χ2v) is 3.90. The first-order chi connectivity index (χ1) is 7.08. The molecule has 0 heterocycles. The Morgan fingerprint density at radius 2 is 1.80 bits per heavy atom. The fraction of sp³-hybridized carbons (Fsp3) is 0.778. The summed E-state index contributed by atoms with van der Waals surface area (Å²) in [6, 6.07) is 1.89. The fourth-order valence-corrected chi connectivity index (χ4v) is 1.14. The van der Waals surface area contributed by atoms with Crippen molar-refractivity contribution in [1.82, 2.24) is 5.32 Å². The Balaban J connectivity index is 2.68. The minimum atomic E-state index is -1.44. The number of nitrogens with one attached hydrogen (secondary N) is 1. The van der Waals surface area contributed by atoms with Crippen molar-refractivity contribution in [1.29, 1.82) is 5.26 Å². The van der Waals surface area contributed by atoms with Gasteiger partial charge in [-0.15, -0.1) is 0 Å². The molecule has 1 fully saturated rings. The Morgan fingerprint density at radius 3 is 2.07 bits per heavy atom. The van der Waals surface area contributed by atoms with Gasteiger partial charge >= 0.3 is 0 Å². The molecule has 0 aromatic rings. The van der Waals surface area contributed by atoms with Crippen molar-refractivity contribution in [3.05, 3.63) is 0 Å². The Kier molecular flexibility index (Phi) is 3.29. The molecule has 0 bridgehead atoms. The van der Waals surface area contributed by atoms with E-state index in [2.05, 4.69) is 5.32 Å². The van der Waals surface area contributed by atoms with Crippen LogP contribution in [0.1, 0.15) is 12.8 Å². The van der Waals surface area contributed by atoms with E-state index in [0.29, 0.717) is 12.8 Å². The average molecular weight is 214 g/mol. The molecule has 0 radical (unpaired) electrons. The molecule has 1 aliphatic carbocycles. The van der Waals surface area contributed by atoms with Gasteiger partial charge in [-0.05, 0) is 12.8 Å². The van der Waals surface area contributed by atoms with Crippen LogP contribution in [0, 0.1) is 16.7 Å². The number of nitrogens with zero attached hydrogens (tertiary/aromatic N) is 1. The number of hydrogen-bond acceptors (Lipinski definition) is 5. The predicted molar refractivity (Wildman–Crippen MR) is 49.4 cm³/mol. The highest BCUT2D eigenvalue weighted by molar-refractivity contribution is 5.88. The van der Waals surface area contributed by atoms with E-state index in [-0.39, 0.29) is 0 Å². The summed E-state index contributed by atoms with van der Waals surface area (Å²) in [7, 11) is 0. The first-order valence-corrected chi connectivity index (χ1v) is 4.64. The molecule has 15 heavy (non-hydrogen) atoms. The first kappa shape index (κ1) is 11.9.